The molecule has 0 aromatic carbocycles. The lowest BCUT2D eigenvalue weighted by atomic mass is 10.1. The van der Waals surface area contributed by atoms with Crippen LogP contribution in [0.2, 0.25) is 0 Å². The van der Waals surface area contributed by atoms with Crippen LogP contribution in [-0.4, -0.2) is 37.8 Å². The van der Waals surface area contributed by atoms with Gasteiger partial charge in [0.2, 0.25) is 0 Å². The Balaban J connectivity index is 2.44. The summed E-state index contributed by atoms with van der Waals surface area (Å²) in [4.78, 5) is 27.2. The van der Waals surface area contributed by atoms with Crippen LogP contribution in [0, 0.1) is 13.8 Å². The van der Waals surface area contributed by atoms with Gasteiger partial charge < -0.3 is 10.4 Å². The fourth-order valence-electron chi connectivity index (χ4n) is 2.00. The van der Waals surface area contributed by atoms with E-state index in [-0.39, 0.29) is 0 Å². The van der Waals surface area contributed by atoms with Crippen molar-refractivity contribution >= 4 is 22.9 Å². The molecule has 106 valence electrons. The van der Waals surface area contributed by atoms with Crippen LogP contribution < -0.4 is 5.32 Å². The molecule has 7 nitrogen and oxygen atoms in total. The number of amides is 1. The minimum absolute atomic E-state index is 0.363. The third-order valence-electron chi connectivity index (χ3n) is 3.15. The van der Waals surface area contributed by atoms with E-state index in [0.717, 1.165) is 11.1 Å². The molecular formula is C13H16N4O3. The Hall–Kier alpha value is -2.44. The van der Waals surface area contributed by atoms with Crippen molar-refractivity contribution in [3.8, 4) is 0 Å². The molecule has 1 amide bonds. The highest BCUT2D eigenvalue weighted by molar-refractivity contribution is 6.00. The summed E-state index contributed by atoms with van der Waals surface area (Å²) >= 11 is 0. The number of carboxylic acids is 1. The molecule has 0 unspecified atom stereocenters. The molecule has 2 heterocycles. The number of aryl methyl sites for hydroxylation is 3. The molecule has 7 heteroatoms. The second-order valence-corrected chi connectivity index (χ2v) is 4.73. The van der Waals surface area contributed by atoms with E-state index in [9.17, 15) is 9.59 Å². The fraction of sp³-hybridized carbons (Fsp3) is 0.385. The van der Waals surface area contributed by atoms with Crippen molar-refractivity contribution in [1.82, 2.24) is 20.1 Å². The van der Waals surface area contributed by atoms with Gasteiger partial charge in [-0.05, 0) is 26.8 Å². The van der Waals surface area contributed by atoms with Crippen molar-refractivity contribution in [3.63, 3.8) is 0 Å². The van der Waals surface area contributed by atoms with Crippen molar-refractivity contribution in [2.75, 3.05) is 0 Å². The van der Waals surface area contributed by atoms with E-state index >= 15 is 0 Å². The molecule has 0 aliphatic carbocycles. The van der Waals surface area contributed by atoms with Gasteiger partial charge >= 0.3 is 5.97 Å². The monoisotopic (exact) mass is 276 g/mol. The van der Waals surface area contributed by atoms with Gasteiger partial charge in [0, 0.05) is 12.4 Å². The van der Waals surface area contributed by atoms with Crippen LogP contribution in [-0.2, 0) is 11.8 Å². The van der Waals surface area contributed by atoms with E-state index in [0.29, 0.717) is 16.9 Å². The number of rotatable bonds is 3. The summed E-state index contributed by atoms with van der Waals surface area (Å²) in [5.74, 6) is -1.53. The minimum Gasteiger partial charge on any atom is -0.480 e. The van der Waals surface area contributed by atoms with E-state index in [1.54, 1.807) is 24.7 Å². The maximum absolute atomic E-state index is 12.1. The summed E-state index contributed by atoms with van der Waals surface area (Å²) in [6, 6.07) is 0.747. The SMILES string of the molecule is Cc1nc2c(cc1C(=O)N[C@@H](C)C(=O)O)c(C)nn2C. The van der Waals surface area contributed by atoms with E-state index in [1.807, 2.05) is 6.92 Å². The molecule has 2 rings (SSSR count). The van der Waals surface area contributed by atoms with Crippen molar-refractivity contribution in [3.05, 3.63) is 23.0 Å². The average Bonchev–Trinajstić information content (AvgIpc) is 2.63. The Morgan fingerprint density at radius 2 is 2.00 bits per heavy atom. The van der Waals surface area contributed by atoms with Crippen LogP contribution in [0.4, 0.5) is 0 Å². The molecule has 0 aliphatic rings. The summed E-state index contributed by atoms with van der Waals surface area (Å²) in [6.07, 6.45) is 0. The second-order valence-electron chi connectivity index (χ2n) is 4.73. The van der Waals surface area contributed by atoms with Crippen molar-refractivity contribution in [2.24, 2.45) is 7.05 Å². The number of fused-ring (bicyclic) bond motifs is 1. The lowest BCUT2D eigenvalue weighted by Gasteiger charge is -2.11. The standard InChI is InChI=1S/C13H16N4O3/c1-6-10(12(18)15-8(3)13(19)20)5-9-7(2)16-17(4)11(9)14-6/h5,8H,1-4H3,(H,15,18)(H,19,20)/t8-/m0/s1. The normalized spacial score (nSPS) is 12.4. The van der Waals surface area contributed by atoms with E-state index in [4.69, 9.17) is 5.11 Å². The lowest BCUT2D eigenvalue weighted by Crippen LogP contribution is -2.38. The molecule has 0 aliphatic heterocycles. The van der Waals surface area contributed by atoms with Crippen LogP contribution >= 0.6 is 0 Å². The third kappa shape index (κ3) is 2.34. The molecule has 2 N–H and O–H groups in total. The number of carboxylic acid groups (broad SMARTS) is 1. The molecular weight excluding hydrogens is 260 g/mol. The third-order valence-corrected chi connectivity index (χ3v) is 3.15. The van der Waals surface area contributed by atoms with Crippen molar-refractivity contribution < 1.29 is 14.7 Å². The Kier molecular flexibility index (Phi) is 3.44. The first-order valence-corrected chi connectivity index (χ1v) is 6.16. The number of aliphatic carboxylic acids is 1. The molecule has 1 atom stereocenters. The van der Waals surface area contributed by atoms with Gasteiger partial charge in [0.25, 0.3) is 5.91 Å². The Labute approximate surface area is 115 Å². The smallest absolute Gasteiger partial charge is 0.325 e. The number of nitrogens with one attached hydrogen (secondary N) is 1. The summed E-state index contributed by atoms with van der Waals surface area (Å²) < 4.78 is 1.65. The highest BCUT2D eigenvalue weighted by atomic mass is 16.4. The second kappa shape index (κ2) is 4.92. The van der Waals surface area contributed by atoms with Gasteiger partial charge in [-0.2, -0.15) is 5.10 Å². The molecule has 0 spiro atoms. The van der Waals surface area contributed by atoms with Crippen molar-refractivity contribution in [1.29, 1.82) is 0 Å². The summed E-state index contributed by atoms with van der Waals surface area (Å²) in [5, 5.41) is 16.3. The highest BCUT2D eigenvalue weighted by Gasteiger charge is 2.19. The molecule has 0 radical (unpaired) electrons. The minimum atomic E-state index is -1.08. The van der Waals surface area contributed by atoms with Crippen molar-refractivity contribution in [2.45, 2.75) is 26.8 Å². The van der Waals surface area contributed by atoms with Crippen LogP contribution in [0.25, 0.3) is 11.0 Å². The quantitative estimate of drug-likeness (QED) is 0.863. The Morgan fingerprint density at radius 3 is 2.60 bits per heavy atom. The highest BCUT2D eigenvalue weighted by Crippen LogP contribution is 2.19. The molecule has 2 aromatic heterocycles. The van der Waals surface area contributed by atoms with E-state index < -0.39 is 17.9 Å². The number of nitrogens with zero attached hydrogens (tertiary/aromatic N) is 3. The predicted molar refractivity (Wildman–Crippen MR) is 72.5 cm³/mol. The van der Waals surface area contributed by atoms with Gasteiger partial charge in [0.05, 0.1) is 17.0 Å². The van der Waals surface area contributed by atoms with Gasteiger partial charge in [-0.3, -0.25) is 14.3 Å². The van der Waals surface area contributed by atoms with Crippen LogP contribution in [0.5, 0.6) is 0 Å². The molecule has 0 saturated heterocycles. The summed E-state index contributed by atoms with van der Waals surface area (Å²) in [7, 11) is 1.79. The molecule has 2 aromatic rings. The van der Waals surface area contributed by atoms with Gasteiger partial charge in [-0.15, -0.1) is 0 Å². The van der Waals surface area contributed by atoms with Gasteiger partial charge in [-0.1, -0.05) is 0 Å². The number of pyridine rings is 1. The lowest BCUT2D eigenvalue weighted by molar-refractivity contribution is -0.138. The zero-order valence-electron chi connectivity index (χ0n) is 11.8. The Morgan fingerprint density at radius 1 is 1.35 bits per heavy atom. The van der Waals surface area contributed by atoms with Crippen LogP contribution in [0.3, 0.4) is 0 Å². The first kappa shape index (κ1) is 14.0. The molecule has 0 bridgehead atoms. The molecule has 0 fully saturated rings. The number of aromatic nitrogens is 3. The average molecular weight is 276 g/mol. The number of carbonyl (C=O) groups is 2. The fourth-order valence-corrected chi connectivity index (χ4v) is 2.00. The first-order chi connectivity index (χ1) is 9.31. The number of hydrogen-bond donors (Lipinski definition) is 2. The topological polar surface area (TPSA) is 97.1 Å². The van der Waals surface area contributed by atoms with E-state index in [2.05, 4.69) is 15.4 Å². The Bertz CT molecular complexity index is 705. The molecule has 20 heavy (non-hydrogen) atoms. The van der Waals surface area contributed by atoms with Crippen LogP contribution in [0.15, 0.2) is 6.07 Å². The predicted octanol–water partition coefficient (Wildman–Crippen LogP) is 0.788. The van der Waals surface area contributed by atoms with Crippen LogP contribution in [0.1, 0.15) is 28.7 Å². The zero-order chi connectivity index (χ0) is 15.0. The van der Waals surface area contributed by atoms with Gasteiger partial charge in [-0.25, -0.2) is 4.98 Å². The summed E-state index contributed by atoms with van der Waals surface area (Å²) in [5.41, 5.74) is 2.37. The summed E-state index contributed by atoms with van der Waals surface area (Å²) in [6.45, 7) is 4.96. The number of carbonyl (C=O) groups excluding carboxylic acids is 1. The molecule has 0 saturated carbocycles. The van der Waals surface area contributed by atoms with Gasteiger partial charge in [0.1, 0.15) is 6.04 Å². The first-order valence-electron chi connectivity index (χ1n) is 6.16. The largest absolute Gasteiger partial charge is 0.480 e. The zero-order valence-corrected chi connectivity index (χ0v) is 11.8. The maximum Gasteiger partial charge on any atom is 0.325 e. The van der Waals surface area contributed by atoms with E-state index in [1.165, 1.54) is 6.92 Å². The number of hydrogen-bond acceptors (Lipinski definition) is 4. The maximum atomic E-state index is 12.1. The van der Waals surface area contributed by atoms with Gasteiger partial charge in [0.15, 0.2) is 5.65 Å².